The molecule has 0 atom stereocenters. The van der Waals surface area contributed by atoms with Crippen molar-refractivity contribution in [2.45, 2.75) is 37.5 Å². The third kappa shape index (κ3) is 2.21. The maximum Gasteiger partial charge on any atom is 0.176 e. The van der Waals surface area contributed by atoms with Crippen LogP contribution in [0.2, 0.25) is 0 Å². The second kappa shape index (κ2) is 5.53. The Balaban J connectivity index is 2.12. The van der Waals surface area contributed by atoms with Crippen LogP contribution in [-0.4, -0.2) is 19.8 Å². The van der Waals surface area contributed by atoms with Crippen LogP contribution in [-0.2, 0) is 5.41 Å². The molecule has 2 aliphatic rings. The first-order valence-corrected chi connectivity index (χ1v) is 7.95. The number of benzene rings is 1. The first-order chi connectivity index (χ1) is 9.68. The smallest absolute Gasteiger partial charge is 0.176 e. The summed E-state index contributed by atoms with van der Waals surface area (Å²) < 4.78 is 26.4. The Hall–Kier alpha value is -0.810. The van der Waals surface area contributed by atoms with E-state index in [-0.39, 0.29) is 11.2 Å². The fourth-order valence-electron chi connectivity index (χ4n) is 3.39. The van der Waals surface area contributed by atoms with E-state index in [1.807, 2.05) is 0 Å². The summed E-state index contributed by atoms with van der Waals surface area (Å²) in [6.45, 7) is 1.41. The number of halogens is 2. The van der Waals surface area contributed by atoms with Crippen LogP contribution in [0.15, 0.2) is 10.5 Å². The van der Waals surface area contributed by atoms with Crippen molar-refractivity contribution in [2.75, 3.05) is 19.8 Å². The van der Waals surface area contributed by atoms with Gasteiger partial charge in [0.1, 0.15) is 19.0 Å². The lowest BCUT2D eigenvalue weighted by molar-refractivity contribution is 0.168. The van der Waals surface area contributed by atoms with Crippen LogP contribution < -0.4 is 15.2 Å². The molecule has 1 aliphatic carbocycles. The van der Waals surface area contributed by atoms with Gasteiger partial charge in [-0.2, -0.15) is 0 Å². The van der Waals surface area contributed by atoms with Crippen LogP contribution in [0.3, 0.4) is 0 Å². The van der Waals surface area contributed by atoms with Gasteiger partial charge in [-0.15, -0.1) is 0 Å². The number of rotatable bonds is 2. The lowest BCUT2D eigenvalue weighted by Gasteiger charge is -2.38. The minimum atomic E-state index is -0.281. The van der Waals surface area contributed by atoms with Gasteiger partial charge in [0.2, 0.25) is 0 Å². The van der Waals surface area contributed by atoms with E-state index in [0.717, 1.165) is 25.7 Å². The van der Waals surface area contributed by atoms with E-state index >= 15 is 0 Å². The molecule has 0 saturated heterocycles. The van der Waals surface area contributed by atoms with Crippen LogP contribution in [0.5, 0.6) is 11.5 Å². The SMILES string of the molecule is NCC1(c2c(F)cc3c(c2Br)OCCO3)CCCCC1. The van der Waals surface area contributed by atoms with Crippen molar-refractivity contribution in [2.24, 2.45) is 5.73 Å². The third-order valence-corrected chi connectivity index (χ3v) is 5.21. The van der Waals surface area contributed by atoms with E-state index in [2.05, 4.69) is 15.9 Å². The highest BCUT2D eigenvalue weighted by Gasteiger charge is 2.38. The Bertz CT molecular complexity index is 515. The molecular weight excluding hydrogens is 325 g/mol. The van der Waals surface area contributed by atoms with Crippen LogP contribution in [0, 0.1) is 5.82 Å². The standard InChI is InChI=1S/C15H19BrFNO2/c16-13-12(15(9-18)4-2-1-3-5-15)10(17)8-11-14(13)20-7-6-19-11/h8H,1-7,9,18H2. The molecule has 1 aromatic carbocycles. The minimum Gasteiger partial charge on any atom is -0.486 e. The highest BCUT2D eigenvalue weighted by Crippen LogP contribution is 2.49. The van der Waals surface area contributed by atoms with Crippen molar-refractivity contribution in [3.05, 3.63) is 21.9 Å². The van der Waals surface area contributed by atoms with Gasteiger partial charge in [0.25, 0.3) is 0 Å². The first kappa shape index (κ1) is 14.1. The molecule has 1 fully saturated rings. The Morgan fingerprint density at radius 2 is 1.90 bits per heavy atom. The second-order valence-electron chi connectivity index (χ2n) is 5.62. The fraction of sp³-hybridized carbons (Fsp3) is 0.600. The van der Waals surface area contributed by atoms with E-state index in [0.29, 0.717) is 41.3 Å². The summed E-state index contributed by atoms with van der Waals surface area (Å²) in [4.78, 5) is 0. The van der Waals surface area contributed by atoms with Crippen molar-refractivity contribution in [3.63, 3.8) is 0 Å². The molecule has 1 saturated carbocycles. The predicted octanol–water partition coefficient (Wildman–Crippen LogP) is 3.52. The normalized spacial score (nSPS) is 20.8. The van der Waals surface area contributed by atoms with Crippen LogP contribution in [0.1, 0.15) is 37.7 Å². The quantitative estimate of drug-likeness (QED) is 0.893. The molecule has 110 valence electrons. The van der Waals surface area contributed by atoms with Crippen molar-refractivity contribution < 1.29 is 13.9 Å². The topological polar surface area (TPSA) is 44.5 Å². The molecule has 0 spiro atoms. The van der Waals surface area contributed by atoms with Gasteiger partial charge in [-0.1, -0.05) is 19.3 Å². The Morgan fingerprint density at radius 1 is 1.20 bits per heavy atom. The van der Waals surface area contributed by atoms with Gasteiger partial charge in [-0.3, -0.25) is 0 Å². The van der Waals surface area contributed by atoms with E-state index in [9.17, 15) is 4.39 Å². The maximum absolute atomic E-state index is 14.6. The highest BCUT2D eigenvalue weighted by atomic mass is 79.9. The summed E-state index contributed by atoms with van der Waals surface area (Å²) in [5, 5.41) is 0. The average molecular weight is 344 g/mol. The molecule has 5 heteroatoms. The molecular formula is C15H19BrFNO2. The summed E-state index contributed by atoms with van der Waals surface area (Å²) in [6, 6.07) is 1.45. The van der Waals surface area contributed by atoms with Crippen LogP contribution >= 0.6 is 15.9 Å². The molecule has 1 aliphatic heterocycles. The van der Waals surface area contributed by atoms with Gasteiger partial charge < -0.3 is 15.2 Å². The van der Waals surface area contributed by atoms with Crippen molar-refractivity contribution in [1.82, 2.24) is 0 Å². The van der Waals surface area contributed by atoms with E-state index in [1.54, 1.807) is 0 Å². The van der Waals surface area contributed by atoms with Gasteiger partial charge in [0.05, 0.1) is 4.47 Å². The Morgan fingerprint density at radius 3 is 2.60 bits per heavy atom. The third-order valence-electron chi connectivity index (χ3n) is 4.46. The molecule has 3 rings (SSSR count). The number of ether oxygens (including phenoxy) is 2. The van der Waals surface area contributed by atoms with Crippen molar-refractivity contribution in [1.29, 1.82) is 0 Å². The van der Waals surface area contributed by atoms with Crippen molar-refractivity contribution >= 4 is 15.9 Å². The van der Waals surface area contributed by atoms with E-state index in [1.165, 1.54) is 12.5 Å². The molecule has 0 amide bonds. The number of nitrogens with two attached hydrogens (primary N) is 1. The van der Waals surface area contributed by atoms with E-state index in [4.69, 9.17) is 15.2 Å². The largest absolute Gasteiger partial charge is 0.486 e. The monoisotopic (exact) mass is 343 g/mol. The maximum atomic E-state index is 14.6. The molecule has 2 N–H and O–H groups in total. The van der Waals surface area contributed by atoms with Crippen LogP contribution in [0.4, 0.5) is 4.39 Å². The first-order valence-electron chi connectivity index (χ1n) is 7.16. The molecule has 1 heterocycles. The van der Waals surface area contributed by atoms with Gasteiger partial charge in [-0.25, -0.2) is 4.39 Å². The molecule has 0 aromatic heterocycles. The van der Waals surface area contributed by atoms with Crippen LogP contribution in [0.25, 0.3) is 0 Å². The average Bonchev–Trinajstić information content (AvgIpc) is 2.48. The van der Waals surface area contributed by atoms with Crippen molar-refractivity contribution in [3.8, 4) is 11.5 Å². The Kier molecular flexibility index (Phi) is 3.91. The number of fused-ring (bicyclic) bond motifs is 1. The molecule has 0 radical (unpaired) electrons. The zero-order chi connectivity index (χ0) is 14.2. The number of hydrogen-bond donors (Lipinski definition) is 1. The fourth-order valence-corrected chi connectivity index (χ4v) is 4.31. The summed E-state index contributed by atoms with van der Waals surface area (Å²) in [7, 11) is 0. The lowest BCUT2D eigenvalue weighted by Crippen LogP contribution is -2.38. The summed E-state index contributed by atoms with van der Waals surface area (Å²) >= 11 is 3.53. The van der Waals surface area contributed by atoms with Gasteiger partial charge in [-0.05, 0) is 28.8 Å². The molecule has 3 nitrogen and oxygen atoms in total. The zero-order valence-corrected chi connectivity index (χ0v) is 13.0. The summed E-state index contributed by atoms with van der Waals surface area (Å²) in [6.07, 6.45) is 5.25. The predicted molar refractivity (Wildman–Crippen MR) is 78.9 cm³/mol. The number of hydrogen-bond acceptors (Lipinski definition) is 3. The Labute approximate surface area is 126 Å². The molecule has 20 heavy (non-hydrogen) atoms. The molecule has 0 bridgehead atoms. The van der Waals surface area contributed by atoms with Gasteiger partial charge >= 0.3 is 0 Å². The second-order valence-corrected chi connectivity index (χ2v) is 6.41. The molecule has 1 aromatic rings. The highest BCUT2D eigenvalue weighted by molar-refractivity contribution is 9.10. The van der Waals surface area contributed by atoms with Gasteiger partial charge in [0.15, 0.2) is 11.5 Å². The summed E-state index contributed by atoms with van der Waals surface area (Å²) in [5.41, 5.74) is 6.41. The lowest BCUT2D eigenvalue weighted by atomic mass is 9.69. The molecule has 0 unspecified atom stereocenters. The summed E-state index contributed by atoms with van der Waals surface area (Å²) in [5.74, 6) is 0.854. The minimum absolute atomic E-state index is 0.242. The van der Waals surface area contributed by atoms with Gasteiger partial charge in [0, 0.05) is 23.6 Å². The van der Waals surface area contributed by atoms with E-state index < -0.39 is 0 Å². The zero-order valence-electron chi connectivity index (χ0n) is 11.4.